The van der Waals surface area contributed by atoms with Gasteiger partial charge in [-0.3, -0.25) is 14.8 Å². The van der Waals surface area contributed by atoms with Gasteiger partial charge in [0.15, 0.2) is 0 Å². The summed E-state index contributed by atoms with van der Waals surface area (Å²) in [5.41, 5.74) is 6.80. The van der Waals surface area contributed by atoms with Gasteiger partial charge in [0.2, 0.25) is 0 Å². The van der Waals surface area contributed by atoms with Crippen LogP contribution in [0.2, 0.25) is 0 Å². The maximum absolute atomic E-state index is 12.4. The number of hydrogen-bond donors (Lipinski definition) is 1. The highest BCUT2D eigenvalue weighted by Gasteiger charge is 2.36. The molecule has 7 nitrogen and oxygen atoms in total. The van der Waals surface area contributed by atoms with Crippen molar-refractivity contribution in [3.05, 3.63) is 78.4 Å². The van der Waals surface area contributed by atoms with E-state index >= 15 is 0 Å². The largest absolute Gasteiger partial charge is 0.461 e. The second kappa shape index (κ2) is 10.5. The van der Waals surface area contributed by atoms with Crippen LogP contribution in [0.4, 0.5) is 0 Å². The first kappa shape index (κ1) is 24.5. The lowest BCUT2D eigenvalue weighted by Gasteiger charge is -2.32. The number of likely N-dealkylation sites (N-methyl/N-ethyl adjacent to an activating group) is 1. The highest BCUT2D eigenvalue weighted by molar-refractivity contribution is 5.87. The van der Waals surface area contributed by atoms with E-state index in [2.05, 4.69) is 62.2 Å². The SMILES string of the molecule is Cc1cccc(-c2[nH]cnc2-c2ccc3ncc(C/C=C/C4CC(C(=O)O[C@@H]5CCN(C)C5)C4)cc3c2)n1. The number of benzene rings is 1. The molecule has 4 heterocycles. The van der Waals surface area contributed by atoms with Gasteiger partial charge in [0.1, 0.15) is 6.10 Å². The molecule has 0 unspecified atom stereocenters. The Morgan fingerprint density at radius 1 is 1.18 bits per heavy atom. The van der Waals surface area contributed by atoms with Crippen molar-refractivity contribution in [2.45, 2.75) is 38.7 Å². The minimum Gasteiger partial charge on any atom is -0.461 e. The number of aryl methyl sites for hydroxylation is 1. The summed E-state index contributed by atoms with van der Waals surface area (Å²) in [4.78, 5) is 31.8. The van der Waals surface area contributed by atoms with Crippen LogP contribution in [0.5, 0.6) is 0 Å². The van der Waals surface area contributed by atoms with E-state index in [0.29, 0.717) is 5.92 Å². The molecule has 0 amide bonds. The fourth-order valence-electron chi connectivity index (χ4n) is 5.49. The number of likely N-dealkylation sites (tertiary alicyclic amines) is 1. The van der Waals surface area contributed by atoms with E-state index in [1.54, 1.807) is 6.33 Å². The molecular formula is C31H33N5O2. The maximum Gasteiger partial charge on any atom is 0.309 e. The zero-order chi connectivity index (χ0) is 26.1. The number of nitrogens with zero attached hydrogens (tertiary/aromatic N) is 4. The van der Waals surface area contributed by atoms with Crippen LogP contribution >= 0.6 is 0 Å². The number of ether oxygens (including phenoxy) is 1. The topological polar surface area (TPSA) is 84.0 Å². The van der Waals surface area contributed by atoms with Gasteiger partial charge in [0.25, 0.3) is 0 Å². The highest BCUT2D eigenvalue weighted by atomic mass is 16.5. The Labute approximate surface area is 223 Å². The van der Waals surface area contributed by atoms with Crippen LogP contribution in [0.25, 0.3) is 33.5 Å². The van der Waals surface area contributed by atoms with Crippen LogP contribution in [0.15, 0.2) is 67.1 Å². The Hall–Kier alpha value is -3.84. The molecule has 0 spiro atoms. The summed E-state index contributed by atoms with van der Waals surface area (Å²) in [7, 11) is 2.07. The monoisotopic (exact) mass is 507 g/mol. The van der Waals surface area contributed by atoms with Gasteiger partial charge in [-0.1, -0.05) is 24.3 Å². The third-order valence-electron chi connectivity index (χ3n) is 7.70. The van der Waals surface area contributed by atoms with Crippen LogP contribution in [0.3, 0.4) is 0 Å². The molecule has 4 aromatic rings. The van der Waals surface area contributed by atoms with Crippen molar-refractivity contribution in [1.29, 1.82) is 0 Å². The van der Waals surface area contributed by atoms with Crippen molar-refractivity contribution in [1.82, 2.24) is 24.8 Å². The van der Waals surface area contributed by atoms with Crippen molar-refractivity contribution in [3.8, 4) is 22.6 Å². The molecule has 0 bridgehead atoms. The number of nitrogens with one attached hydrogen (secondary N) is 1. The van der Waals surface area contributed by atoms with Crippen LogP contribution < -0.4 is 0 Å². The second-order valence-corrected chi connectivity index (χ2v) is 10.7. The van der Waals surface area contributed by atoms with E-state index in [4.69, 9.17) is 4.74 Å². The number of H-pyrrole nitrogens is 1. The molecule has 1 saturated heterocycles. The smallest absolute Gasteiger partial charge is 0.309 e. The van der Waals surface area contributed by atoms with Gasteiger partial charge in [-0.05, 0) is 81.5 Å². The fraction of sp³-hybridized carbons (Fsp3) is 0.355. The van der Waals surface area contributed by atoms with Gasteiger partial charge in [0.05, 0.1) is 34.8 Å². The first-order chi connectivity index (χ1) is 18.5. The summed E-state index contributed by atoms with van der Waals surface area (Å²) in [5, 5.41) is 1.09. The van der Waals surface area contributed by atoms with Crippen molar-refractivity contribution in [2.24, 2.45) is 11.8 Å². The normalized spacial score (nSPS) is 21.7. The summed E-state index contributed by atoms with van der Waals surface area (Å²) < 4.78 is 5.70. The average molecular weight is 508 g/mol. The van der Waals surface area contributed by atoms with Crippen LogP contribution in [-0.2, 0) is 16.0 Å². The number of pyridine rings is 2. The third-order valence-corrected chi connectivity index (χ3v) is 7.70. The number of allylic oxidation sites excluding steroid dienone is 2. The minimum absolute atomic E-state index is 0.0114. The number of hydrogen-bond acceptors (Lipinski definition) is 6. The molecule has 1 saturated carbocycles. The number of rotatable bonds is 7. The maximum atomic E-state index is 12.4. The molecule has 1 aromatic carbocycles. The second-order valence-electron chi connectivity index (χ2n) is 10.7. The van der Waals surface area contributed by atoms with Crippen LogP contribution in [-0.4, -0.2) is 57.0 Å². The zero-order valence-electron chi connectivity index (χ0n) is 21.9. The fourth-order valence-corrected chi connectivity index (χ4v) is 5.49. The van der Waals surface area contributed by atoms with Gasteiger partial charge >= 0.3 is 5.97 Å². The molecule has 2 fully saturated rings. The van der Waals surface area contributed by atoms with Gasteiger partial charge < -0.3 is 14.6 Å². The van der Waals surface area contributed by atoms with Crippen molar-refractivity contribution in [3.63, 3.8) is 0 Å². The molecule has 6 rings (SSSR count). The number of esters is 1. The summed E-state index contributed by atoms with van der Waals surface area (Å²) in [6.45, 7) is 3.86. The predicted molar refractivity (Wildman–Crippen MR) is 148 cm³/mol. The summed E-state index contributed by atoms with van der Waals surface area (Å²) in [5.74, 6) is 0.494. The molecule has 1 aliphatic carbocycles. The molecule has 1 aliphatic heterocycles. The zero-order valence-corrected chi connectivity index (χ0v) is 21.9. The lowest BCUT2D eigenvalue weighted by Crippen LogP contribution is -2.34. The van der Waals surface area contributed by atoms with E-state index in [9.17, 15) is 4.79 Å². The summed E-state index contributed by atoms with van der Waals surface area (Å²) in [6.07, 6.45) is 11.7. The Morgan fingerprint density at radius 3 is 2.89 bits per heavy atom. The number of aromatic nitrogens is 4. The van der Waals surface area contributed by atoms with E-state index in [1.165, 1.54) is 0 Å². The molecule has 2 aliphatic rings. The van der Waals surface area contributed by atoms with Gasteiger partial charge in [0, 0.05) is 35.9 Å². The summed E-state index contributed by atoms with van der Waals surface area (Å²) >= 11 is 0. The van der Waals surface area contributed by atoms with E-state index in [0.717, 1.165) is 83.6 Å². The Morgan fingerprint density at radius 2 is 2.08 bits per heavy atom. The third kappa shape index (κ3) is 5.24. The first-order valence-corrected chi connectivity index (χ1v) is 13.4. The Kier molecular flexibility index (Phi) is 6.77. The highest BCUT2D eigenvalue weighted by Crippen LogP contribution is 2.36. The molecule has 7 heteroatoms. The lowest BCUT2D eigenvalue weighted by atomic mass is 9.74. The van der Waals surface area contributed by atoms with Gasteiger partial charge in [-0.2, -0.15) is 0 Å². The van der Waals surface area contributed by atoms with Crippen molar-refractivity contribution < 1.29 is 9.53 Å². The average Bonchev–Trinajstić information content (AvgIpc) is 3.54. The van der Waals surface area contributed by atoms with E-state index in [-0.39, 0.29) is 18.0 Å². The summed E-state index contributed by atoms with van der Waals surface area (Å²) in [6, 6.07) is 14.5. The number of carbonyl (C=O) groups excluding carboxylic acids is 1. The van der Waals surface area contributed by atoms with Crippen molar-refractivity contribution >= 4 is 16.9 Å². The number of fused-ring (bicyclic) bond motifs is 1. The van der Waals surface area contributed by atoms with Crippen LogP contribution in [0.1, 0.15) is 30.5 Å². The molecular weight excluding hydrogens is 474 g/mol. The quantitative estimate of drug-likeness (QED) is 0.268. The molecule has 0 radical (unpaired) electrons. The predicted octanol–water partition coefficient (Wildman–Crippen LogP) is 5.37. The van der Waals surface area contributed by atoms with Gasteiger partial charge in [-0.15, -0.1) is 0 Å². The molecule has 3 aromatic heterocycles. The molecule has 1 atom stereocenters. The van der Waals surface area contributed by atoms with E-state index in [1.807, 2.05) is 37.4 Å². The molecule has 38 heavy (non-hydrogen) atoms. The Bertz CT molecular complexity index is 1490. The van der Waals surface area contributed by atoms with Crippen LogP contribution in [0, 0.1) is 18.8 Å². The number of imidazole rings is 1. The van der Waals surface area contributed by atoms with Crippen molar-refractivity contribution in [2.75, 3.05) is 20.1 Å². The molecule has 1 N–H and O–H groups in total. The number of aromatic amines is 1. The lowest BCUT2D eigenvalue weighted by molar-refractivity contribution is -0.157. The number of carbonyl (C=O) groups is 1. The minimum atomic E-state index is -0.0114. The standard InChI is InChI=1S/C31H33N5O2/c1-20-5-3-8-28(35-20)30-29(33-19-34-30)23-9-10-27-24(16-23)15-22(17-32-27)7-4-6-21-13-25(14-21)31(37)38-26-11-12-36(2)18-26/h3-6,8-10,15-17,19,21,25-26H,7,11-14,18H2,1-2H3,(H,33,34)/b6-4+/t21?,25?,26-/m1/s1. The molecule has 194 valence electrons. The van der Waals surface area contributed by atoms with Gasteiger partial charge in [-0.25, -0.2) is 4.98 Å². The Balaban J connectivity index is 1.09. The first-order valence-electron chi connectivity index (χ1n) is 13.4. The van der Waals surface area contributed by atoms with E-state index < -0.39 is 0 Å².